The van der Waals surface area contributed by atoms with Gasteiger partial charge >= 0.3 is 5.97 Å². The van der Waals surface area contributed by atoms with Gasteiger partial charge in [-0.15, -0.1) is 0 Å². The van der Waals surface area contributed by atoms with E-state index in [4.69, 9.17) is 5.11 Å². The van der Waals surface area contributed by atoms with Gasteiger partial charge in [0.15, 0.2) is 0 Å². The number of aromatic carboxylic acids is 1. The summed E-state index contributed by atoms with van der Waals surface area (Å²) in [7, 11) is 0. The van der Waals surface area contributed by atoms with Gasteiger partial charge in [-0.2, -0.15) is 0 Å². The molecule has 0 aromatic heterocycles. The van der Waals surface area contributed by atoms with Gasteiger partial charge in [-0.3, -0.25) is 4.79 Å². The van der Waals surface area contributed by atoms with E-state index >= 15 is 0 Å². The number of carboxylic acid groups (broad SMARTS) is 1. The van der Waals surface area contributed by atoms with Crippen LogP contribution in [0.3, 0.4) is 0 Å². The molecule has 0 bridgehead atoms. The molecule has 0 unspecified atom stereocenters. The van der Waals surface area contributed by atoms with E-state index in [1.165, 1.54) is 12.1 Å². The van der Waals surface area contributed by atoms with Crippen LogP contribution in [0.5, 0.6) is 0 Å². The maximum absolute atomic E-state index is 13.7. The van der Waals surface area contributed by atoms with Crippen molar-refractivity contribution in [2.45, 2.75) is 6.42 Å². The van der Waals surface area contributed by atoms with Crippen LogP contribution in [0.25, 0.3) is 0 Å². The van der Waals surface area contributed by atoms with Crippen molar-refractivity contribution in [3.05, 3.63) is 63.9 Å². The van der Waals surface area contributed by atoms with Gasteiger partial charge in [-0.25, -0.2) is 9.18 Å². The van der Waals surface area contributed by atoms with Crippen molar-refractivity contribution in [1.82, 2.24) is 0 Å². The van der Waals surface area contributed by atoms with E-state index < -0.39 is 11.8 Å². The maximum atomic E-state index is 13.7. The highest BCUT2D eigenvalue weighted by Gasteiger charge is 2.11. The molecule has 1 amide bonds. The van der Waals surface area contributed by atoms with E-state index in [1.807, 2.05) is 6.07 Å². The second-order valence-electron chi connectivity index (χ2n) is 4.35. The van der Waals surface area contributed by atoms with Crippen LogP contribution in [0.15, 0.2) is 46.9 Å². The first-order chi connectivity index (χ1) is 9.95. The number of anilines is 1. The smallest absolute Gasteiger partial charge is 0.335 e. The topological polar surface area (TPSA) is 66.4 Å². The highest BCUT2D eigenvalue weighted by atomic mass is 79.9. The van der Waals surface area contributed by atoms with Crippen molar-refractivity contribution in [1.29, 1.82) is 0 Å². The van der Waals surface area contributed by atoms with Crippen molar-refractivity contribution in [2.75, 3.05) is 5.32 Å². The Hall–Kier alpha value is -2.21. The zero-order chi connectivity index (χ0) is 15.4. The lowest BCUT2D eigenvalue weighted by Gasteiger charge is -2.07. The molecule has 0 atom stereocenters. The van der Waals surface area contributed by atoms with Crippen molar-refractivity contribution < 1.29 is 19.1 Å². The van der Waals surface area contributed by atoms with E-state index in [0.29, 0.717) is 0 Å². The Labute approximate surface area is 128 Å². The fraction of sp³-hybridized carbons (Fsp3) is 0.0667. The lowest BCUT2D eigenvalue weighted by molar-refractivity contribution is -0.115. The van der Waals surface area contributed by atoms with Crippen LogP contribution in [0.4, 0.5) is 10.1 Å². The third kappa shape index (κ3) is 4.13. The summed E-state index contributed by atoms with van der Waals surface area (Å²) in [5.41, 5.74) is 0.571. The van der Waals surface area contributed by atoms with Gasteiger partial charge in [0.05, 0.1) is 17.7 Å². The largest absolute Gasteiger partial charge is 0.478 e. The van der Waals surface area contributed by atoms with E-state index in [2.05, 4.69) is 21.2 Å². The lowest BCUT2D eigenvalue weighted by atomic mass is 10.1. The molecule has 0 heterocycles. The minimum Gasteiger partial charge on any atom is -0.478 e. The van der Waals surface area contributed by atoms with Gasteiger partial charge in [-0.05, 0) is 35.9 Å². The summed E-state index contributed by atoms with van der Waals surface area (Å²) >= 11 is 3.30. The van der Waals surface area contributed by atoms with Gasteiger partial charge in [0.2, 0.25) is 5.91 Å². The van der Waals surface area contributed by atoms with E-state index in [9.17, 15) is 14.0 Å². The summed E-state index contributed by atoms with van der Waals surface area (Å²) in [5.74, 6) is -2.38. The first-order valence-electron chi connectivity index (χ1n) is 6.03. The minimum absolute atomic E-state index is 0.0417. The molecular weight excluding hydrogens is 341 g/mol. The zero-order valence-electron chi connectivity index (χ0n) is 10.8. The average molecular weight is 352 g/mol. The van der Waals surface area contributed by atoms with Crippen LogP contribution in [-0.4, -0.2) is 17.0 Å². The summed E-state index contributed by atoms with van der Waals surface area (Å²) < 4.78 is 14.5. The number of amides is 1. The Balaban J connectivity index is 2.08. The number of hydrogen-bond acceptors (Lipinski definition) is 2. The summed E-state index contributed by atoms with van der Waals surface area (Å²) in [6.45, 7) is 0. The number of carbonyl (C=O) groups excluding carboxylic acids is 1. The third-order valence-electron chi connectivity index (χ3n) is 2.74. The maximum Gasteiger partial charge on any atom is 0.335 e. The molecule has 0 saturated carbocycles. The van der Waals surface area contributed by atoms with E-state index in [1.54, 1.807) is 18.2 Å². The molecule has 6 heteroatoms. The average Bonchev–Trinajstić information content (AvgIpc) is 2.40. The fourth-order valence-corrected chi connectivity index (χ4v) is 2.22. The Morgan fingerprint density at radius 3 is 2.57 bits per heavy atom. The quantitative estimate of drug-likeness (QED) is 0.886. The first kappa shape index (κ1) is 15.2. The Morgan fingerprint density at radius 2 is 1.95 bits per heavy atom. The number of carboxylic acids is 1. The van der Waals surface area contributed by atoms with Gasteiger partial charge in [0.1, 0.15) is 5.82 Å². The van der Waals surface area contributed by atoms with Crippen molar-refractivity contribution in [3.63, 3.8) is 0 Å². The van der Waals surface area contributed by atoms with Crippen LogP contribution in [0.2, 0.25) is 0 Å². The number of halogens is 2. The second-order valence-corrected chi connectivity index (χ2v) is 5.27. The normalized spacial score (nSPS) is 10.2. The molecule has 2 N–H and O–H groups in total. The molecule has 2 aromatic rings. The monoisotopic (exact) mass is 351 g/mol. The molecule has 2 rings (SSSR count). The minimum atomic E-state index is -1.22. The van der Waals surface area contributed by atoms with Crippen LogP contribution in [-0.2, 0) is 11.2 Å². The Morgan fingerprint density at radius 1 is 1.19 bits per heavy atom. The van der Waals surface area contributed by atoms with Crippen LogP contribution in [0.1, 0.15) is 15.9 Å². The number of nitrogens with one attached hydrogen (secondary N) is 1. The molecule has 0 aliphatic carbocycles. The number of benzene rings is 2. The van der Waals surface area contributed by atoms with Gasteiger partial charge < -0.3 is 10.4 Å². The van der Waals surface area contributed by atoms with Crippen LogP contribution >= 0.6 is 15.9 Å². The molecule has 0 aliphatic heterocycles. The Kier molecular flexibility index (Phi) is 4.70. The molecule has 0 saturated heterocycles. The molecule has 4 nitrogen and oxygen atoms in total. The molecule has 21 heavy (non-hydrogen) atoms. The standard InChI is InChI=1S/C15H11BrFNO3/c16-11-3-1-2-9(6-11)7-14(19)18-13-5-4-10(15(20)21)8-12(13)17/h1-6,8H,7H2,(H,18,19)(H,20,21). The Bertz CT molecular complexity index is 703. The molecule has 108 valence electrons. The first-order valence-corrected chi connectivity index (χ1v) is 6.82. The molecule has 0 spiro atoms. The van der Waals surface area contributed by atoms with E-state index in [-0.39, 0.29) is 23.6 Å². The van der Waals surface area contributed by atoms with Crippen molar-refractivity contribution >= 4 is 33.5 Å². The highest BCUT2D eigenvalue weighted by Crippen LogP contribution is 2.17. The number of carbonyl (C=O) groups is 2. The lowest BCUT2D eigenvalue weighted by Crippen LogP contribution is -2.15. The summed E-state index contributed by atoms with van der Waals surface area (Å²) in [4.78, 5) is 22.6. The van der Waals surface area contributed by atoms with Gasteiger partial charge in [-0.1, -0.05) is 28.1 Å². The second kappa shape index (κ2) is 6.49. The predicted octanol–water partition coefficient (Wildman–Crippen LogP) is 3.47. The molecular formula is C15H11BrFNO3. The fourth-order valence-electron chi connectivity index (χ4n) is 1.78. The third-order valence-corrected chi connectivity index (χ3v) is 3.24. The SMILES string of the molecule is O=C(Cc1cccc(Br)c1)Nc1ccc(C(=O)O)cc1F. The molecule has 0 aliphatic rings. The number of rotatable bonds is 4. The highest BCUT2D eigenvalue weighted by molar-refractivity contribution is 9.10. The molecule has 2 aromatic carbocycles. The predicted molar refractivity (Wildman–Crippen MR) is 79.8 cm³/mol. The van der Waals surface area contributed by atoms with Crippen molar-refractivity contribution in [2.24, 2.45) is 0 Å². The van der Waals surface area contributed by atoms with Crippen LogP contribution < -0.4 is 5.32 Å². The molecule has 0 radical (unpaired) electrons. The van der Waals surface area contributed by atoms with Gasteiger partial charge in [0.25, 0.3) is 0 Å². The van der Waals surface area contributed by atoms with E-state index in [0.717, 1.165) is 16.1 Å². The summed E-state index contributed by atoms with van der Waals surface area (Å²) in [6.07, 6.45) is 0.0968. The summed E-state index contributed by atoms with van der Waals surface area (Å²) in [5, 5.41) is 11.2. The van der Waals surface area contributed by atoms with Crippen LogP contribution in [0, 0.1) is 5.82 Å². The van der Waals surface area contributed by atoms with Crippen molar-refractivity contribution in [3.8, 4) is 0 Å². The zero-order valence-corrected chi connectivity index (χ0v) is 12.4. The summed E-state index contributed by atoms with van der Waals surface area (Å²) in [6, 6.07) is 10.6. The molecule has 0 fully saturated rings. The van der Waals surface area contributed by atoms with Gasteiger partial charge in [0, 0.05) is 4.47 Å². The number of hydrogen-bond donors (Lipinski definition) is 2.